The molecule has 0 spiro atoms. The summed E-state index contributed by atoms with van der Waals surface area (Å²) in [6.45, 7) is 4.57. The van der Waals surface area contributed by atoms with Crippen LogP contribution in [0.4, 0.5) is 0 Å². The molecule has 0 aliphatic carbocycles. The van der Waals surface area contributed by atoms with Crippen LogP contribution in [0.25, 0.3) is 83.1 Å². The van der Waals surface area contributed by atoms with Crippen LogP contribution in [0.15, 0.2) is 218 Å². The summed E-state index contributed by atoms with van der Waals surface area (Å²) in [5.74, 6) is 0.417. The zero-order chi connectivity index (χ0) is 40.4. The predicted molar refractivity (Wildman–Crippen MR) is 256 cm³/mol. The normalized spacial score (nSPS) is 11.9. The van der Waals surface area contributed by atoms with E-state index in [2.05, 4.69) is 237 Å². The highest BCUT2D eigenvalue weighted by atomic mass is 15.0. The van der Waals surface area contributed by atoms with Crippen molar-refractivity contribution in [1.82, 2.24) is 4.57 Å². The highest BCUT2D eigenvalue weighted by Crippen LogP contribution is 2.39. The second kappa shape index (κ2) is 16.2. The van der Waals surface area contributed by atoms with Gasteiger partial charge in [0, 0.05) is 16.5 Å². The minimum Gasteiger partial charge on any atom is -0.309 e. The molecule has 0 N–H and O–H groups in total. The Morgan fingerprint density at radius 2 is 0.900 bits per heavy atom. The van der Waals surface area contributed by atoms with Crippen LogP contribution in [-0.2, 0) is 6.42 Å². The molecule has 1 heteroatoms. The molecule has 0 radical (unpaired) electrons. The number of benzene rings is 9. The fourth-order valence-corrected chi connectivity index (χ4v) is 9.14. The van der Waals surface area contributed by atoms with Gasteiger partial charge >= 0.3 is 0 Å². The molecular weight excluding hydrogens is 723 g/mol. The van der Waals surface area contributed by atoms with Crippen LogP contribution < -0.4 is 0 Å². The smallest absolute Gasteiger partial charge is 0.0541 e. The molecule has 1 heterocycles. The minimum absolute atomic E-state index is 0.417. The first kappa shape index (κ1) is 37.1. The van der Waals surface area contributed by atoms with E-state index in [1.54, 1.807) is 0 Å². The van der Waals surface area contributed by atoms with E-state index in [-0.39, 0.29) is 0 Å². The molecule has 0 aliphatic heterocycles. The molecule has 1 unspecified atom stereocenters. The maximum atomic E-state index is 2.41. The number of rotatable bonds is 10. The average molecular weight is 770 g/mol. The first-order valence-electron chi connectivity index (χ1n) is 21.3. The highest BCUT2D eigenvalue weighted by molar-refractivity contribution is 6.10. The summed E-state index contributed by atoms with van der Waals surface area (Å²) < 4.78 is 2.41. The van der Waals surface area contributed by atoms with Crippen molar-refractivity contribution in [1.29, 1.82) is 0 Å². The van der Waals surface area contributed by atoms with Crippen molar-refractivity contribution in [3.63, 3.8) is 0 Å². The van der Waals surface area contributed by atoms with E-state index in [0.717, 1.165) is 18.5 Å². The quantitative estimate of drug-likeness (QED) is 0.131. The predicted octanol–water partition coefficient (Wildman–Crippen LogP) is 16.2. The number of fused-ring (bicyclic) bond motifs is 3. The topological polar surface area (TPSA) is 4.93 Å². The Kier molecular flexibility index (Phi) is 10.0. The molecule has 0 aliphatic rings. The summed E-state index contributed by atoms with van der Waals surface area (Å²) in [4.78, 5) is 0. The summed E-state index contributed by atoms with van der Waals surface area (Å²) in [5.41, 5.74) is 20.2. The van der Waals surface area contributed by atoms with Crippen LogP contribution in [-0.4, -0.2) is 4.57 Å². The number of aromatic nitrogens is 1. The van der Waals surface area contributed by atoms with E-state index in [9.17, 15) is 0 Å². The van der Waals surface area contributed by atoms with Gasteiger partial charge in [0.05, 0.1) is 11.0 Å². The molecule has 288 valence electrons. The largest absolute Gasteiger partial charge is 0.309 e. The number of hydrogen-bond acceptors (Lipinski definition) is 0. The summed E-state index contributed by atoms with van der Waals surface area (Å²) in [7, 11) is 0. The summed E-state index contributed by atoms with van der Waals surface area (Å²) in [6.07, 6.45) is 2.06. The van der Waals surface area contributed by atoms with Gasteiger partial charge in [-0.05, 0) is 134 Å². The van der Waals surface area contributed by atoms with Gasteiger partial charge in [-0.15, -0.1) is 0 Å². The molecular formula is C59H47N. The van der Waals surface area contributed by atoms with E-state index in [4.69, 9.17) is 0 Å². The Bertz CT molecular complexity index is 3080. The fourth-order valence-electron chi connectivity index (χ4n) is 9.14. The zero-order valence-corrected chi connectivity index (χ0v) is 34.2. The van der Waals surface area contributed by atoms with Crippen LogP contribution in [0.3, 0.4) is 0 Å². The first-order valence-corrected chi connectivity index (χ1v) is 21.3. The Labute approximate surface area is 353 Å². The summed E-state index contributed by atoms with van der Waals surface area (Å²) >= 11 is 0. The van der Waals surface area contributed by atoms with Gasteiger partial charge in [-0.3, -0.25) is 0 Å². The van der Waals surface area contributed by atoms with Crippen molar-refractivity contribution in [2.24, 2.45) is 0 Å². The minimum atomic E-state index is 0.417. The molecule has 60 heavy (non-hydrogen) atoms. The molecule has 1 nitrogen and oxygen atoms in total. The van der Waals surface area contributed by atoms with E-state index in [1.165, 1.54) is 94.1 Å². The number of para-hydroxylation sites is 1. The van der Waals surface area contributed by atoms with Gasteiger partial charge in [0.15, 0.2) is 0 Å². The number of aryl methyl sites for hydroxylation is 1. The molecule has 9 aromatic carbocycles. The van der Waals surface area contributed by atoms with Crippen LogP contribution in [0.2, 0.25) is 0 Å². The molecule has 0 saturated heterocycles. The first-order chi connectivity index (χ1) is 29.6. The monoisotopic (exact) mass is 769 g/mol. The van der Waals surface area contributed by atoms with Crippen molar-refractivity contribution in [2.45, 2.75) is 32.6 Å². The fraction of sp³-hybridized carbons (Fsp3) is 0.0847. The van der Waals surface area contributed by atoms with Crippen molar-refractivity contribution in [3.05, 3.63) is 235 Å². The van der Waals surface area contributed by atoms with E-state index in [0.29, 0.717) is 5.92 Å². The Balaban J connectivity index is 0.966. The lowest BCUT2D eigenvalue weighted by Crippen LogP contribution is -2.04. The van der Waals surface area contributed by atoms with Gasteiger partial charge < -0.3 is 4.57 Å². The highest BCUT2D eigenvalue weighted by Gasteiger charge is 2.18. The third kappa shape index (κ3) is 7.14. The van der Waals surface area contributed by atoms with Crippen molar-refractivity contribution in [3.8, 4) is 61.3 Å². The number of hydrogen-bond donors (Lipinski definition) is 0. The second-order valence-electron chi connectivity index (χ2n) is 16.1. The molecule has 1 atom stereocenters. The second-order valence-corrected chi connectivity index (χ2v) is 16.1. The molecule has 10 aromatic rings. The van der Waals surface area contributed by atoms with Gasteiger partial charge in [-0.1, -0.05) is 189 Å². The van der Waals surface area contributed by atoms with Crippen LogP contribution in [0, 0.1) is 6.92 Å². The molecule has 0 fully saturated rings. The lowest BCUT2D eigenvalue weighted by Gasteiger charge is -2.20. The standard InChI is InChI=1S/C59H47N/c1-3-42(48-20-14-21-49(38-48)44-17-8-5-9-18-44)37-52-19-10-11-22-54(52)56-39-50(26-25-41(56)2)51-33-36-59-57(40-51)55-23-12-13-24-58(55)60(59)53-34-31-47(32-35-53)46-29-27-45(28-30-46)43-15-6-4-7-16-43/h4-36,38-40,42H,3,37H2,1-2H3. The Hall–Kier alpha value is -7.22. The maximum absolute atomic E-state index is 2.41. The SMILES string of the molecule is CCC(Cc1ccccc1-c1cc(-c2ccc3c(c2)c2ccccc2n3-c2ccc(-c3ccc(-c4ccccc4)cc3)cc2)ccc1C)c1cccc(-c2ccccc2)c1. The van der Waals surface area contributed by atoms with E-state index in [1.807, 2.05) is 0 Å². The molecule has 0 saturated carbocycles. The number of nitrogens with zero attached hydrogens (tertiary/aromatic N) is 1. The third-order valence-corrected chi connectivity index (χ3v) is 12.4. The Morgan fingerprint density at radius 1 is 0.383 bits per heavy atom. The zero-order valence-electron chi connectivity index (χ0n) is 34.2. The van der Waals surface area contributed by atoms with Gasteiger partial charge in [-0.2, -0.15) is 0 Å². The summed E-state index contributed by atoms with van der Waals surface area (Å²) in [6, 6.07) is 80.2. The van der Waals surface area contributed by atoms with Crippen molar-refractivity contribution in [2.75, 3.05) is 0 Å². The van der Waals surface area contributed by atoms with Gasteiger partial charge in [0.1, 0.15) is 0 Å². The average Bonchev–Trinajstić information content (AvgIpc) is 3.65. The van der Waals surface area contributed by atoms with Crippen LogP contribution in [0.1, 0.15) is 36.0 Å². The van der Waals surface area contributed by atoms with Crippen LogP contribution >= 0.6 is 0 Å². The third-order valence-electron chi connectivity index (χ3n) is 12.4. The van der Waals surface area contributed by atoms with Crippen LogP contribution in [0.5, 0.6) is 0 Å². The molecule has 1 aromatic heterocycles. The maximum Gasteiger partial charge on any atom is 0.0541 e. The Morgan fingerprint density at radius 3 is 1.62 bits per heavy atom. The van der Waals surface area contributed by atoms with Gasteiger partial charge in [-0.25, -0.2) is 0 Å². The van der Waals surface area contributed by atoms with Gasteiger partial charge in [0.25, 0.3) is 0 Å². The lowest BCUT2D eigenvalue weighted by atomic mass is 9.84. The molecule has 10 rings (SSSR count). The van der Waals surface area contributed by atoms with Gasteiger partial charge in [0.2, 0.25) is 0 Å². The van der Waals surface area contributed by atoms with E-state index < -0.39 is 0 Å². The molecule has 0 amide bonds. The van der Waals surface area contributed by atoms with Crippen molar-refractivity contribution >= 4 is 21.8 Å². The summed E-state index contributed by atoms with van der Waals surface area (Å²) in [5, 5.41) is 2.52. The molecule has 0 bridgehead atoms. The lowest BCUT2D eigenvalue weighted by molar-refractivity contribution is 0.661. The van der Waals surface area contributed by atoms with Crippen molar-refractivity contribution < 1.29 is 0 Å². The van der Waals surface area contributed by atoms with E-state index >= 15 is 0 Å².